The van der Waals surface area contributed by atoms with Crippen LogP contribution in [0, 0.1) is 5.41 Å². The summed E-state index contributed by atoms with van der Waals surface area (Å²) in [6.45, 7) is 5.96. The van der Waals surface area contributed by atoms with Crippen LogP contribution in [-0.2, 0) is 14.3 Å². The van der Waals surface area contributed by atoms with Crippen molar-refractivity contribution in [1.29, 1.82) is 0 Å². The minimum absolute atomic E-state index is 0.166. The van der Waals surface area contributed by atoms with Crippen LogP contribution in [0.5, 0.6) is 0 Å². The van der Waals surface area contributed by atoms with E-state index in [-0.39, 0.29) is 5.97 Å². The summed E-state index contributed by atoms with van der Waals surface area (Å²) in [5.41, 5.74) is -0.454. The second kappa shape index (κ2) is 14.2. The van der Waals surface area contributed by atoms with E-state index in [0.717, 1.165) is 38.5 Å². The molecule has 1 rings (SSSR count). The largest absolute Gasteiger partial charge is 0.469 e. The van der Waals surface area contributed by atoms with Crippen LogP contribution < -0.4 is 0 Å². The molecule has 0 aliphatic carbocycles. The van der Waals surface area contributed by atoms with E-state index < -0.39 is 5.41 Å². The maximum absolute atomic E-state index is 11.6. The summed E-state index contributed by atoms with van der Waals surface area (Å²) in [5.74, 6) is -0.166. The van der Waals surface area contributed by atoms with Crippen LogP contribution in [0.25, 0.3) is 0 Å². The van der Waals surface area contributed by atoms with Crippen molar-refractivity contribution in [2.45, 2.75) is 77.9 Å². The number of epoxide rings is 1. The zero-order valence-corrected chi connectivity index (χ0v) is 18.1. The van der Waals surface area contributed by atoms with E-state index in [4.69, 9.17) is 9.47 Å². The summed E-state index contributed by atoms with van der Waals surface area (Å²) in [7, 11) is 1.43. The molecule has 156 valence electrons. The second-order valence-corrected chi connectivity index (χ2v) is 7.74. The molecule has 0 aromatic rings. The van der Waals surface area contributed by atoms with Gasteiger partial charge in [0, 0.05) is 0 Å². The lowest BCUT2D eigenvalue weighted by Gasteiger charge is -2.18. The third-order valence-electron chi connectivity index (χ3n) is 4.68. The Bertz CT molecular complexity index is 579. The Morgan fingerprint density at radius 1 is 0.821 bits per heavy atom. The molecule has 0 N–H and O–H groups in total. The molecule has 0 saturated carbocycles. The highest BCUT2D eigenvalue weighted by atomic mass is 16.6. The van der Waals surface area contributed by atoms with Crippen molar-refractivity contribution in [1.82, 2.24) is 0 Å². The Labute approximate surface area is 171 Å². The standard InChI is InChI=1S/C25H38O3/c1-5-6-16-19-22-23(28-22)20-17-14-12-10-8-7-9-11-13-15-18-21-25(2,3)24(26)27-4/h6,8-11,14-18,22-23H,5,7,12-13,19-21H2,1-4H3/b10-8-,11-9-,16-6-,17-14-,18-15-. The van der Waals surface area contributed by atoms with Crippen LogP contribution in [0.1, 0.15) is 65.7 Å². The number of hydrogen-bond acceptors (Lipinski definition) is 3. The predicted octanol–water partition coefficient (Wildman–Crippen LogP) is 6.48. The van der Waals surface area contributed by atoms with Gasteiger partial charge in [0.1, 0.15) is 0 Å². The lowest BCUT2D eigenvalue weighted by atomic mass is 9.89. The molecule has 28 heavy (non-hydrogen) atoms. The van der Waals surface area contributed by atoms with Gasteiger partial charge in [-0.1, -0.05) is 67.7 Å². The number of rotatable bonds is 14. The van der Waals surface area contributed by atoms with Gasteiger partial charge < -0.3 is 9.47 Å². The molecule has 2 unspecified atom stereocenters. The molecule has 0 aromatic heterocycles. The zero-order chi connectivity index (χ0) is 20.7. The quantitative estimate of drug-likeness (QED) is 0.195. The Balaban J connectivity index is 2.02. The number of methoxy groups -OCH3 is 1. The fraction of sp³-hybridized carbons (Fsp3) is 0.560. The molecule has 1 fully saturated rings. The highest BCUT2D eigenvalue weighted by Crippen LogP contribution is 2.29. The van der Waals surface area contributed by atoms with Gasteiger partial charge in [0.2, 0.25) is 0 Å². The van der Waals surface area contributed by atoms with Crippen LogP contribution in [0.2, 0.25) is 0 Å². The van der Waals surface area contributed by atoms with Gasteiger partial charge in [-0.25, -0.2) is 0 Å². The van der Waals surface area contributed by atoms with Crippen molar-refractivity contribution in [2.75, 3.05) is 7.11 Å². The number of hydrogen-bond donors (Lipinski definition) is 0. The average molecular weight is 387 g/mol. The Morgan fingerprint density at radius 3 is 1.79 bits per heavy atom. The number of carbonyl (C=O) groups is 1. The van der Waals surface area contributed by atoms with Crippen molar-refractivity contribution in [3.05, 3.63) is 60.8 Å². The summed E-state index contributed by atoms with van der Waals surface area (Å²) in [4.78, 5) is 11.6. The number of allylic oxidation sites excluding steroid dienone is 8. The SMILES string of the molecule is CC/C=C\CC1OC1C/C=C\C/C=C\C/C=C\C/C=C\CC(C)(C)C(=O)OC. The molecule has 0 aromatic carbocycles. The summed E-state index contributed by atoms with van der Waals surface area (Å²) in [6.07, 6.45) is 29.3. The minimum atomic E-state index is -0.454. The molecule has 0 amide bonds. The summed E-state index contributed by atoms with van der Waals surface area (Å²) < 4.78 is 10.4. The molecular weight excluding hydrogens is 348 g/mol. The number of esters is 1. The van der Waals surface area contributed by atoms with Crippen LogP contribution >= 0.6 is 0 Å². The molecule has 1 saturated heterocycles. The van der Waals surface area contributed by atoms with Gasteiger partial charge in [0.05, 0.1) is 24.7 Å². The monoisotopic (exact) mass is 386 g/mol. The van der Waals surface area contributed by atoms with E-state index in [1.807, 2.05) is 13.8 Å². The molecule has 0 radical (unpaired) electrons. The van der Waals surface area contributed by atoms with Crippen LogP contribution in [0.15, 0.2) is 60.8 Å². The molecule has 3 nitrogen and oxygen atoms in total. The lowest BCUT2D eigenvalue weighted by molar-refractivity contribution is -0.150. The topological polar surface area (TPSA) is 38.8 Å². The van der Waals surface area contributed by atoms with Gasteiger partial charge in [-0.3, -0.25) is 4.79 Å². The fourth-order valence-electron chi connectivity index (χ4n) is 2.77. The van der Waals surface area contributed by atoms with E-state index in [2.05, 4.69) is 67.7 Å². The first-order chi connectivity index (χ1) is 13.5. The molecule has 2 atom stereocenters. The Morgan fingerprint density at radius 2 is 1.29 bits per heavy atom. The maximum atomic E-state index is 11.6. The van der Waals surface area contributed by atoms with E-state index in [1.165, 1.54) is 7.11 Å². The summed E-state index contributed by atoms with van der Waals surface area (Å²) >= 11 is 0. The first-order valence-electron chi connectivity index (χ1n) is 10.5. The van der Waals surface area contributed by atoms with Gasteiger partial charge in [0.25, 0.3) is 0 Å². The zero-order valence-electron chi connectivity index (χ0n) is 18.1. The van der Waals surface area contributed by atoms with Crippen molar-refractivity contribution < 1.29 is 14.3 Å². The average Bonchev–Trinajstić information content (AvgIpc) is 3.43. The third kappa shape index (κ3) is 11.1. The van der Waals surface area contributed by atoms with E-state index in [1.54, 1.807) is 0 Å². The first kappa shape index (κ1) is 24.2. The Hall–Kier alpha value is -1.87. The summed E-state index contributed by atoms with van der Waals surface area (Å²) in [5, 5.41) is 0. The first-order valence-corrected chi connectivity index (χ1v) is 10.5. The van der Waals surface area contributed by atoms with Gasteiger partial charge in [0.15, 0.2) is 0 Å². The van der Waals surface area contributed by atoms with Crippen LogP contribution in [0.4, 0.5) is 0 Å². The van der Waals surface area contributed by atoms with Gasteiger partial charge in [-0.05, 0) is 58.8 Å². The summed E-state index contributed by atoms with van der Waals surface area (Å²) in [6, 6.07) is 0. The second-order valence-electron chi connectivity index (χ2n) is 7.74. The van der Waals surface area contributed by atoms with E-state index >= 15 is 0 Å². The highest BCUT2D eigenvalue weighted by molar-refractivity contribution is 5.75. The molecule has 1 heterocycles. The van der Waals surface area contributed by atoms with Crippen molar-refractivity contribution in [3.8, 4) is 0 Å². The molecule has 1 aliphatic heterocycles. The van der Waals surface area contributed by atoms with Gasteiger partial charge >= 0.3 is 5.97 Å². The molecule has 0 spiro atoms. The molecule has 0 bridgehead atoms. The maximum Gasteiger partial charge on any atom is 0.311 e. The Kier molecular flexibility index (Phi) is 12.2. The third-order valence-corrected chi connectivity index (χ3v) is 4.68. The molecule has 3 heteroatoms. The van der Waals surface area contributed by atoms with Crippen LogP contribution in [-0.4, -0.2) is 25.3 Å². The normalized spacial score (nSPS) is 20.4. The van der Waals surface area contributed by atoms with E-state index in [9.17, 15) is 4.79 Å². The highest BCUT2D eigenvalue weighted by Gasteiger charge is 2.35. The number of ether oxygens (including phenoxy) is 2. The number of carbonyl (C=O) groups excluding carboxylic acids is 1. The van der Waals surface area contributed by atoms with Crippen molar-refractivity contribution in [3.63, 3.8) is 0 Å². The smallest absolute Gasteiger partial charge is 0.311 e. The van der Waals surface area contributed by atoms with Gasteiger partial charge in [-0.2, -0.15) is 0 Å². The van der Waals surface area contributed by atoms with Gasteiger partial charge in [-0.15, -0.1) is 0 Å². The molecule has 1 aliphatic rings. The van der Waals surface area contributed by atoms with Crippen molar-refractivity contribution >= 4 is 5.97 Å². The predicted molar refractivity (Wildman–Crippen MR) is 118 cm³/mol. The molecular formula is C25H38O3. The lowest BCUT2D eigenvalue weighted by Crippen LogP contribution is -2.24. The van der Waals surface area contributed by atoms with Crippen molar-refractivity contribution in [2.24, 2.45) is 5.41 Å². The van der Waals surface area contributed by atoms with E-state index in [0.29, 0.717) is 18.6 Å². The fourth-order valence-corrected chi connectivity index (χ4v) is 2.77. The van der Waals surface area contributed by atoms with Crippen LogP contribution in [0.3, 0.4) is 0 Å². The minimum Gasteiger partial charge on any atom is -0.469 e.